The molecule has 0 atom stereocenters. The van der Waals surface area contributed by atoms with Crippen molar-refractivity contribution in [2.45, 2.75) is 0 Å². The summed E-state index contributed by atoms with van der Waals surface area (Å²) >= 11 is 0. The molecule has 3 aromatic heterocycles. The Bertz CT molecular complexity index is 2810. The lowest BCUT2D eigenvalue weighted by atomic mass is 9.98. The van der Waals surface area contributed by atoms with Crippen LogP contribution in [0.3, 0.4) is 0 Å². The van der Waals surface area contributed by atoms with Crippen molar-refractivity contribution in [3.63, 3.8) is 0 Å². The Morgan fingerprint density at radius 1 is 0.457 bits per heavy atom. The maximum atomic E-state index is 6.41. The molecule has 4 heteroatoms. The normalized spacial score (nSPS) is 11.9. The van der Waals surface area contributed by atoms with Crippen LogP contribution in [0.2, 0.25) is 0 Å². The quantitative estimate of drug-likeness (QED) is 0.207. The van der Waals surface area contributed by atoms with Gasteiger partial charge in [0.2, 0.25) is 5.95 Å². The van der Waals surface area contributed by atoms with E-state index in [0.717, 1.165) is 66.3 Å². The lowest BCUT2D eigenvalue weighted by Crippen LogP contribution is -2.03. The third-order valence-electron chi connectivity index (χ3n) is 9.19. The highest BCUT2D eigenvalue weighted by Gasteiger charge is 2.19. The summed E-state index contributed by atoms with van der Waals surface area (Å²) in [6.45, 7) is 0. The molecule has 3 heterocycles. The van der Waals surface area contributed by atoms with E-state index < -0.39 is 0 Å². The van der Waals surface area contributed by atoms with Crippen LogP contribution in [0.1, 0.15) is 0 Å². The van der Waals surface area contributed by atoms with Gasteiger partial charge in [0.05, 0.1) is 22.2 Å². The largest absolute Gasteiger partial charge is 0.455 e. The first-order valence-electron chi connectivity index (χ1n) is 15.5. The van der Waals surface area contributed by atoms with Gasteiger partial charge in [0.1, 0.15) is 11.2 Å². The van der Waals surface area contributed by atoms with Crippen molar-refractivity contribution in [3.8, 4) is 28.3 Å². The average molecular weight is 588 g/mol. The molecule has 0 aliphatic carbocycles. The Kier molecular flexibility index (Phi) is 5.25. The third-order valence-corrected chi connectivity index (χ3v) is 9.19. The second-order valence-corrected chi connectivity index (χ2v) is 11.8. The molecule has 0 saturated carbocycles. The molecule has 214 valence electrons. The Labute approximate surface area is 263 Å². The molecule has 4 nitrogen and oxygen atoms in total. The van der Waals surface area contributed by atoms with Crippen molar-refractivity contribution < 1.29 is 4.42 Å². The van der Waals surface area contributed by atoms with E-state index in [1.54, 1.807) is 0 Å². The molecule has 0 aliphatic heterocycles. The lowest BCUT2D eigenvalue weighted by molar-refractivity contribution is 0.670. The molecular weight excluding hydrogens is 562 g/mol. The Hall–Kier alpha value is -6.26. The topological polar surface area (TPSA) is 43.9 Å². The summed E-state index contributed by atoms with van der Waals surface area (Å²) in [5.74, 6) is 0.653. The zero-order chi connectivity index (χ0) is 30.2. The van der Waals surface area contributed by atoms with Crippen molar-refractivity contribution >= 4 is 65.4 Å². The Balaban J connectivity index is 1.26. The summed E-state index contributed by atoms with van der Waals surface area (Å²) in [6, 6.07) is 53.1. The van der Waals surface area contributed by atoms with Crippen LogP contribution in [0.4, 0.5) is 0 Å². The number of nitrogens with zero attached hydrogens (tertiary/aromatic N) is 3. The summed E-state index contributed by atoms with van der Waals surface area (Å²) in [5.41, 5.74) is 8.89. The smallest absolute Gasteiger partial charge is 0.235 e. The maximum Gasteiger partial charge on any atom is 0.235 e. The number of hydrogen-bond donors (Lipinski definition) is 0. The molecule has 0 bridgehead atoms. The summed E-state index contributed by atoms with van der Waals surface area (Å²) < 4.78 is 8.63. The highest BCUT2D eigenvalue weighted by Crippen LogP contribution is 2.39. The van der Waals surface area contributed by atoms with Gasteiger partial charge in [-0.2, -0.15) is 0 Å². The number of para-hydroxylation sites is 3. The van der Waals surface area contributed by atoms with Crippen LogP contribution in [0, 0.1) is 0 Å². The number of rotatable bonds is 3. The van der Waals surface area contributed by atoms with Crippen LogP contribution in [0.25, 0.3) is 93.8 Å². The fraction of sp³-hybridized carbons (Fsp3) is 0. The van der Waals surface area contributed by atoms with E-state index in [9.17, 15) is 0 Å². The van der Waals surface area contributed by atoms with Gasteiger partial charge in [-0.15, -0.1) is 0 Å². The van der Waals surface area contributed by atoms with E-state index in [1.807, 2.05) is 18.2 Å². The molecule has 0 N–H and O–H groups in total. The highest BCUT2D eigenvalue weighted by atomic mass is 16.3. The van der Waals surface area contributed by atoms with Gasteiger partial charge in [-0.3, -0.25) is 4.57 Å². The van der Waals surface area contributed by atoms with Gasteiger partial charge in [0, 0.05) is 38.1 Å². The van der Waals surface area contributed by atoms with E-state index in [4.69, 9.17) is 14.4 Å². The van der Waals surface area contributed by atoms with Crippen LogP contribution in [-0.2, 0) is 0 Å². The highest BCUT2D eigenvalue weighted by molar-refractivity contribution is 6.14. The van der Waals surface area contributed by atoms with Crippen molar-refractivity contribution in [3.05, 3.63) is 152 Å². The van der Waals surface area contributed by atoms with E-state index in [-0.39, 0.29) is 0 Å². The molecule has 7 aromatic carbocycles. The Morgan fingerprint density at radius 3 is 2.09 bits per heavy atom. The second kappa shape index (κ2) is 9.62. The molecular formula is C42H25N3O. The second-order valence-electron chi connectivity index (χ2n) is 11.8. The first-order chi connectivity index (χ1) is 22.8. The molecule has 0 fully saturated rings. The fourth-order valence-corrected chi connectivity index (χ4v) is 7.04. The number of benzene rings is 7. The summed E-state index contributed by atoms with van der Waals surface area (Å²) in [6.07, 6.45) is 0. The maximum absolute atomic E-state index is 6.41. The SMILES string of the molecule is c1ccc(-c2nc(-n3c4ccccc4c4cc5ccccc5cc43)nc3ccc(-c4cccc5c4oc4ccccc45)cc23)cc1. The molecule has 0 unspecified atom stereocenters. The van der Waals surface area contributed by atoms with E-state index in [1.165, 1.54) is 21.5 Å². The third kappa shape index (κ3) is 3.67. The molecule has 10 aromatic rings. The minimum Gasteiger partial charge on any atom is -0.455 e. The number of hydrogen-bond acceptors (Lipinski definition) is 3. The van der Waals surface area contributed by atoms with Crippen molar-refractivity contribution in [2.75, 3.05) is 0 Å². The first kappa shape index (κ1) is 25.1. The minimum atomic E-state index is 0.653. The lowest BCUT2D eigenvalue weighted by Gasteiger charge is -2.13. The zero-order valence-corrected chi connectivity index (χ0v) is 24.7. The molecule has 0 aliphatic rings. The van der Waals surface area contributed by atoms with Crippen LogP contribution in [0.15, 0.2) is 156 Å². The van der Waals surface area contributed by atoms with Crippen LogP contribution in [-0.4, -0.2) is 14.5 Å². The standard InChI is InChI=1S/C42H25N3O/c1-2-11-26(12-3-1)40-35-24-29(30-17-10-18-33-32-16-7-9-20-39(32)46-41(30)33)21-22-36(35)43-42(44-40)45-37-19-8-6-15-31(37)34-23-27-13-4-5-14-28(27)25-38(34)45/h1-25H. The van der Waals surface area contributed by atoms with Gasteiger partial charge in [0.25, 0.3) is 0 Å². The zero-order valence-electron chi connectivity index (χ0n) is 24.7. The van der Waals surface area contributed by atoms with Gasteiger partial charge < -0.3 is 4.42 Å². The van der Waals surface area contributed by atoms with Gasteiger partial charge in [0.15, 0.2) is 0 Å². The number of fused-ring (bicyclic) bond motifs is 8. The molecule has 0 radical (unpaired) electrons. The fourth-order valence-electron chi connectivity index (χ4n) is 7.04. The van der Waals surface area contributed by atoms with Gasteiger partial charge >= 0.3 is 0 Å². The van der Waals surface area contributed by atoms with Crippen LogP contribution in [0.5, 0.6) is 0 Å². The van der Waals surface area contributed by atoms with Crippen molar-refractivity contribution in [1.29, 1.82) is 0 Å². The van der Waals surface area contributed by atoms with E-state index in [0.29, 0.717) is 5.95 Å². The molecule has 46 heavy (non-hydrogen) atoms. The molecule has 10 rings (SSSR count). The minimum absolute atomic E-state index is 0.653. The molecule has 0 spiro atoms. The van der Waals surface area contributed by atoms with Gasteiger partial charge in [-0.05, 0) is 52.7 Å². The van der Waals surface area contributed by atoms with Crippen molar-refractivity contribution in [1.82, 2.24) is 14.5 Å². The van der Waals surface area contributed by atoms with Crippen molar-refractivity contribution in [2.24, 2.45) is 0 Å². The van der Waals surface area contributed by atoms with Gasteiger partial charge in [-0.1, -0.05) is 115 Å². The average Bonchev–Trinajstić information content (AvgIpc) is 3.66. The molecule has 0 saturated heterocycles. The van der Waals surface area contributed by atoms with Gasteiger partial charge in [-0.25, -0.2) is 9.97 Å². The molecule has 0 amide bonds. The predicted molar refractivity (Wildman–Crippen MR) is 190 cm³/mol. The summed E-state index contributed by atoms with van der Waals surface area (Å²) in [5, 5.41) is 8.00. The number of aromatic nitrogens is 3. The Morgan fingerprint density at radius 2 is 1.20 bits per heavy atom. The van der Waals surface area contributed by atoms with Crippen LogP contribution >= 0.6 is 0 Å². The monoisotopic (exact) mass is 587 g/mol. The summed E-state index contributed by atoms with van der Waals surface area (Å²) in [4.78, 5) is 10.6. The predicted octanol–water partition coefficient (Wildman–Crippen LogP) is 11.1. The summed E-state index contributed by atoms with van der Waals surface area (Å²) in [7, 11) is 0. The van der Waals surface area contributed by atoms with E-state index >= 15 is 0 Å². The van der Waals surface area contributed by atoms with Crippen LogP contribution < -0.4 is 0 Å². The first-order valence-corrected chi connectivity index (χ1v) is 15.5. The number of furan rings is 1. The van der Waals surface area contributed by atoms with E-state index in [2.05, 4.69) is 138 Å².